The van der Waals surface area contributed by atoms with E-state index >= 15 is 0 Å². The zero-order chi connectivity index (χ0) is 9.97. The third-order valence-corrected chi connectivity index (χ3v) is 1.99. The Kier molecular flexibility index (Phi) is 2.28. The van der Waals surface area contributed by atoms with Crippen molar-refractivity contribution in [2.24, 2.45) is 5.73 Å². The standard InChI is InChI=1S/C10H11N3O/c1-14-10-9(6-11)12-7-4-2-3-5-8(7)13-10/h2-5H,6,11H2,1H3. The van der Waals surface area contributed by atoms with Crippen molar-refractivity contribution in [3.63, 3.8) is 0 Å². The second-order valence-electron chi connectivity index (χ2n) is 2.87. The van der Waals surface area contributed by atoms with E-state index < -0.39 is 0 Å². The summed E-state index contributed by atoms with van der Waals surface area (Å²) < 4.78 is 5.09. The van der Waals surface area contributed by atoms with Gasteiger partial charge in [0.25, 0.3) is 0 Å². The van der Waals surface area contributed by atoms with Gasteiger partial charge in [0.1, 0.15) is 5.69 Å². The van der Waals surface area contributed by atoms with E-state index in [1.165, 1.54) is 0 Å². The number of hydrogen-bond acceptors (Lipinski definition) is 4. The lowest BCUT2D eigenvalue weighted by Gasteiger charge is -2.05. The van der Waals surface area contributed by atoms with Crippen molar-refractivity contribution in [2.45, 2.75) is 6.54 Å². The Labute approximate surface area is 81.7 Å². The summed E-state index contributed by atoms with van der Waals surface area (Å²) in [4.78, 5) is 8.65. The lowest BCUT2D eigenvalue weighted by atomic mass is 10.3. The van der Waals surface area contributed by atoms with E-state index in [9.17, 15) is 0 Å². The van der Waals surface area contributed by atoms with E-state index in [-0.39, 0.29) is 0 Å². The molecule has 1 aromatic heterocycles. The van der Waals surface area contributed by atoms with Crippen LogP contribution in [-0.2, 0) is 6.54 Å². The average Bonchev–Trinajstić information content (AvgIpc) is 2.27. The summed E-state index contributed by atoms with van der Waals surface area (Å²) in [6.07, 6.45) is 0. The van der Waals surface area contributed by atoms with E-state index in [1.54, 1.807) is 7.11 Å². The number of hydrogen-bond donors (Lipinski definition) is 1. The number of fused-ring (bicyclic) bond motifs is 1. The molecule has 0 unspecified atom stereocenters. The Bertz CT molecular complexity index is 414. The highest BCUT2D eigenvalue weighted by atomic mass is 16.5. The molecule has 0 bridgehead atoms. The number of ether oxygens (including phenoxy) is 1. The zero-order valence-electron chi connectivity index (χ0n) is 7.90. The molecule has 0 amide bonds. The molecule has 0 aliphatic heterocycles. The zero-order valence-corrected chi connectivity index (χ0v) is 7.90. The summed E-state index contributed by atoms with van der Waals surface area (Å²) >= 11 is 0. The van der Waals surface area contributed by atoms with Crippen molar-refractivity contribution >= 4 is 11.0 Å². The van der Waals surface area contributed by atoms with Gasteiger partial charge in [-0.05, 0) is 12.1 Å². The highest BCUT2D eigenvalue weighted by molar-refractivity contribution is 5.74. The monoisotopic (exact) mass is 189 g/mol. The van der Waals surface area contributed by atoms with E-state index in [2.05, 4.69) is 9.97 Å². The molecule has 0 saturated heterocycles. The first-order valence-electron chi connectivity index (χ1n) is 4.35. The average molecular weight is 189 g/mol. The number of nitrogens with two attached hydrogens (primary N) is 1. The molecule has 2 rings (SSSR count). The van der Waals surface area contributed by atoms with Crippen LogP contribution in [0.15, 0.2) is 24.3 Å². The highest BCUT2D eigenvalue weighted by Crippen LogP contribution is 2.17. The third kappa shape index (κ3) is 1.40. The molecule has 0 aliphatic carbocycles. The van der Waals surface area contributed by atoms with Crippen LogP contribution in [0, 0.1) is 0 Å². The molecule has 14 heavy (non-hydrogen) atoms. The fraction of sp³-hybridized carbons (Fsp3) is 0.200. The van der Waals surface area contributed by atoms with Gasteiger partial charge in [-0.15, -0.1) is 0 Å². The minimum absolute atomic E-state index is 0.334. The molecule has 1 aromatic carbocycles. The Morgan fingerprint density at radius 3 is 2.43 bits per heavy atom. The Hall–Kier alpha value is -1.68. The fourth-order valence-electron chi connectivity index (χ4n) is 1.32. The molecule has 0 spiro atoms. The van der Waals surface area contributed by atoms with Crippen LogP contribution in [0.3, 0.4) is 0 Å². The third-order valence-electron chi connectivity index (χ3n) is 1.99. The van der Waals surface area contributed by atoms with Crippen LogP contribution in [-0.4, -0.2) is 17.1 Å². The van der Waals surface area contributed by atoms with Crippen LogP contribution < -0.4 is 10.5 Å². The fourth-order valence-corrected chi connectivity index (χ4v) is 1.32. The maximum absolute atomic E-state index is 5.53. The second kappa shape index (κ2) is 3.59. The van der Waals surface area contributed by atoms with Crippen molar-refractivity contribution in [2.75, 3.05) is 7.11 Å². The van der Waals surface area contributed by atoms with E-state index in [0.29, 0.717) is 18.1 Å². The number of nitrogens with zero attached hydrogens (tertiary/aromatic N) is 2. The van der Waals surface area contributed by atoms with Crippen molar-refractivity contribution in [1.29, 1.82) is 0 Å². The van der Waals surface area contributed by atoms with Gasteiger partial charge in [-0.25, -0.2) is 9.97 Å². The Balaban J connectivity index is 2.69. The molecule has 0 fully saturated rings. The summed E-state index contributed by atoms with van der Waals surface area (Å²) in [5.74, 6) is 0.506. The van der Waals surface area contributed by atoms with Crippen LogP contribution in [0.25, 0.3) is 11.0 Å². The maximum atomic E-state index is 5.53. The molecule has 4 nitrogen and oxygen atoms in total. The summed E-state index contributed by atoms with van der Waals surface area (Å²) in [6.45, 7) is 0.334. The molecule has 72 valence electrons. The smallest absolute Gasteiger partial charge is 0.237 e. The lowest BCUT2D eigenvalue weighted by molar-refractivity contribution is 0.391. The second-order valence-corrected chi connectivity index (χ2v) is 2.87. The quantitative estimate of drug-likeness (QED) is 0.768. The van der Waals surface area contributed by atoms with Crippen molar-refractivity contribution in [1.82, 2.24) is 9.97 Å². The van der Waals surface area contributed by atoms with E-state index in [4.69, 9.17) is 10.5 Å². The lowest BCUT2D eigenvalue weighted by Crippen LogP contribution is -2.04. The van der Waals surface area contributed by atoms with Crippen molar-refractivity contribution in [3.05, 3.63) is 30.0 Å². The van der Waals surface area contributed by atoms with Gasteiger partial charge in [0.05, 0.1) is 18.1 Å². The van der Waals surface area contributed by atoms with Gasteiger partial charge in [0.2, 0.25) is 5.88 Å². The molecule has 0 saturated carbocycles. The molecular weight excluding hydrogens is 178 g/mol. The van der Waals surface area contributed by atoms with Crippen LogP contribution in [0.5, 0.6) is 5.88 Å². The van der Waals surface area contributed by atoms with Gasteiger partial charge in [-0.2, -0.15) is 0 Å². The maximum Gasteiger partial charge on any atom is 0.237 e. The molecule has 2 N–H and O–H groups in total. The molecule has 2 aromatic rings. The van der Waals surface area contributed by atoms with Gasteiger partial charge in [-0.1, -0.05) is 12.1 Å². The first-order chi connectivity index (χ1) is 6.85. The normalized spacial score (nSPS) is 10.4. The molecule has 0 atom stereocenters. The van der Waals surface area contributed by atoms with Gasteiger partial charge < -0.3 is 10.5 Å². The van der Waals surface area contributed by atoms with Crippen molar-refractivity contribution < 1.29 is 4.74 Å². The molecule has 0 aliphatic rings. The van der Waals surface area contributed by atoms with E-state index in [0.717, 1.165) is 11.0 Å². The van der Waals surface area contributed by atoms with Gasteiger partial charge >= 0.3 is 0 Å². The van der Waals surface area contributed by atoms with Crippen molar-refractivity contribution in [3.8, 4) is 5.88 Å². The van der Waals surface area contributed by atoms with Gasteiger partial charge in [0.15, 0.2) is 0 Å². The predicted molar refractivity (Wildman–Crippen MR) is 54.0 cm³/mol. The summed E-state index contributed by atoms with van der Waals surface area (Å²) in [7, 11) is 1.57. The predicted octanol–water partition coefficient (Wildman–Crippen LogP) is 1.10. The van der Waals surface area contributed by atoms with E-state index in [1.807, 2.05) is 24.3 Å². The molecule has 4 heteroatoms. The van der Waals surface area contributed by atoms with Gasteiger partial charge in [-0.3, -0.25) is 0 Å². The Morgan fingerprint density at radius 2 is 1.86 bits per heavy atom. The first-order valence-corrected chi connectivity index (χ1v) is 4.35. The SMILES string of the molecule is COc1nc2ccccc2nc1CN. The number of benzene rings is 1. The highest BCUT2D eigenvalue weighted by Gasteiger charge is 2.06. The van der Waals surface area contributed by atoms with Gasteiger partial charge in [0, 0.05) is 6.54 Å². The largest absolute Gasteiger partial charge is 0.480 e. The molecule has 1 heterocycles. The van der Waals surface area contributed by atoms with Crippen LogP contribution in [0.1, 0.15) is 5.69 Å². The first kappa shape index (κ1) is 8.90. The number of methoxy groups -OCH3 is 1. The minimum Gasteiger partial charge on any atom is -0.480 e. The molecule has 0 radical (unpaired) electrons. The number of rotatable bonds is 2. The topological polar surface area (TPSA) is 61.0 Å². The number of aromatic nitrogens is 2. The molecular formula is C10H11N3O. The van der Waals surface area contributed by atoms with Crippen LogP contribution >= 0.6 is 0 Å². The summed E-state index contributed by atoms with van der Waals surface area (Å²) in [6, 6.07) is 7.63. The Morgan fingerprint density at radius 1 is 1.21 bits per heavy atom. The number of para-hydroxylation sites is 2. The van der Waals surface area contributed by atoms with Crippen LogP contribution in [0.2, 0.25) is 0 Å². The van der Waals surface area contributed by atoms with Crippen LogP contribution in [0.4, 0.5) is 0 Å². The summed E-state index contributed by atoms with van der Waals surface area (Å²) in [5, 5.41) is 0. The minimum atomic E-state index is 0.334. The summed E-state index contributed by atoms with van der Waals surface area (Å²) in [5.41, 5.74) is 7.88.